The molecule has 0 aromatic carbocycles. The van der Waals surface area contributed by atoms with E-state index in [0.717, 1.165) is 12.8 Å². The molecule has 0 spiro atoms. The second-order valence-corrected chi connectivity index (χ2v) is 1.71. The maximum atomic E-state index is 3.76. The van der Waals surface area contributed by atoms with Gasteiger partial charge in [-0.3, -0.25) is 0 Å². The summed E-state index contributed by atoms with van der Waals surface area (Å²) in [4.78, 5) is 0. The molecule has 0 amide bonds. The van der Waals surface area contributed by atoms with Gasteiger partial charge in [0.2, 0.25) is 0 Å². The van der Waals surface area contributed by atoms with Crippen molar-refractivity contribution in [3.63, 3.8) is 0 Å². The monoisotopic (exact) mass is 213 g/mol. The van der Waals surface area contributed by atoms with Crippen LogP contribution in [0.2, 0.25) is 0 Å². The van der Waals surface area contributed by atoms with Crippen LogP contribution in [0.25, 0.3) is 0 Å². The first kappa shape index (κ1) is 17.0. The Morgan fingerprint density at radius 1 is 1.40 bits per heavy atom. The Balaban J connectivity index is -0.000000163. The van der Waals surface area contributed by atoms with Gasteiger partial charge in [0, 0.05) is 21.7 Å². The van der Waals surface area contributed by atoms with Gasteiger partial charge < -0.3 is 6.92 Å². The topological polar surface area (TPSA) is 0 Å². The van der Waals surface area contributed by atoms with E-state index < -0.39 is 0 Å². The number of halogens is 2. The second kappa shape index (κ2) is 9.77. The summed E-state index contributed by atoms with van der Waals surface area (Å²) in [6, 6.07) is 0. The van der Waals surface area contributed by atoms with Gasteiger partial charge in [0.1, 0.15) is 0 Å². The van der Waals surface area contributed by atoms with Crippen molar-refractivity contribution in [3.05, 3.63) is 30.7 Å². The van der Waals surface area contributed by atoms with E-state index in [-0.39, 0.29) is 46.5 Å². The van der Waals surface area contributed by atoms with Crippen LogP contribution in [0.4, 0.5) is 0 Å². The van der Waals surface area contributed by atoms with E-state index in [0.29, 0.717) is 0 Å². The fourth-order valence-electron chi connectivity index (χ4n) is 0.677. The van der Waals surface area contributed by atoms with Crippen molar-refractivity contribution < 1.29 is 21.7 Å². The first-order chi connectivity index (χ1) is 3.43. The van der Waals surface area contributed by atoms with Crippen LogP contribution in [0.5, 0.6) is 0 Å². The molecule has 0 atom stereocenters. The van der Waals surface area contributed by atoms with Gasteiger partial charge in [-0.25, -0.2) is 0 Å². The minimum Gasteiger partial charge on any atom is -0.339 e. The molecule has 0 N–H and O–H groups in total. The molecule has 0 fully saturated rings. The summed E-state index contributed by atoms with van der Waals surface area (Å²) in [7, 11) is 0. The molecule has 0 unspecified atom stereocenters. The van der Waals surface area contributed by atoms with E-state index in [2.05, 4.69) is 25.2 Å². The van der Waals surface area contributed by atoms with Crippen LogP contribution in [0.3, 0.4) is 0 Å². The number of hydrogen-bond acceptors (Lipinski definition) is 0. The molecule has 1 aliphatic rings. The molecule has 0 radical (unpaired) electrons. The Morgan fingerprint density at radius 3 is 2.20 bits per heavy atom. The summed E-state index contributed by atoms with van der Waals surface area (Å²) >= 11 is 0. The molecule has 0 heterocycles. The normalized spacial score (nSPS) is 12.3. The largest absolute Gasteiger partial charge is 0.339 e. The quantitative estimate of drug-likeness (QED) is 0.464. The maximum absolute atomic E-state index is 3.76. The standard InChI is InChI=1S/C7H9.2ClH.Ti/c1-2-7-5-3-4-6-7;;;/h3-5H,1-2,6H2;2*1H;/q-1;;;. The van der Waals surface area contributed by atoms with Crippen molar-refractivity contribution in [2.45, 2.75) is 12.8 Å². The molecule has 0 nitrogen and oxygen atoms in total. The fourth-order valence-corrected chi connectivity index (χ4v) is 0.677. The number of allylic oxidation sites excluding steroid dienone is 4. The van der Waals surface area contributed by atoms with Gasteiger partial charge in [-0.05, 0) is 6.42 Å². The van der Waals surface area contributed by atoms with Crippen molar-refractivity contribution in [2.24, 2.45) is 0 Å². The van der Waals surface area contributed by atoms with Gasteiger partial charge in [0.05, 0.1) is 0 Å². The molecule has 0 aliphatic heterocycles. The first-order valence-corrected chi connectivity index (χ1v) is 2.57. The van der Waals surface area contributed by atoms with E-state index in [1.54, 1.807) is 0 Å². The average Bonchev–Trinajstić information content (AvgIpc) is 2.14. The van der Waals surface area contributed by atoms with Gasteiger partial charge in [-0.1, -0.05) is 23.8 Å². The summed E-state index contributed by atoms with van der Waals surface area (Å²) in [5, 5.41) is 0. The van der Waals surface area contributed by atoms with Crippen LogP contribution in [0.1, 0.15) is 12.8 Å². The number of hydrogen-bond donors (Lipinski definition) is 0. The molecule has 0 aromatic rings. The summed E-state index contributed by atoms with van der Waals surface area (Å²) < 4.78 is 0. The molecule has 1 rings (SSSR count). The zero-order valence-corrected chi connectivity index (χ0v) is 8.86. The maximum Gasteiger partial charge on any atom is 0 e. The molecular formula is C7H11Cl2Ti-. The van der Waals surface area contributed by atoms with E-state index in [9.17, 15) is 0 Å². The van der Waals surface area contributed by atoms with E-state index in [1.807, 2.05) is 0 Å². The van der Waals surface area contributed by atoms with E-state index in [4.69, 9.17) is 0 Å². The third-order valence-electron chi connectivity index (χ3n) is 1.17. The molecule has 0 aromatic heterocycles. The summed E-state index contributed by atoms with van der Waals surface area (Å²) in [6.07, 6.45) is 8.46. The summed E-state index contributed by atoms with van der Waals surface area (Å²) in [5.41, 5.74) is 1.44. The van der Waals surface area contributed by atoms with Crippen LogP contribution < -0.4 is 0 Å². The Bertz CT molecular complexity index is 119. The van der Waals surface area contributed by atoms with Crippen LogP contribution in [0.15, 0.2) is 23.8 Å². The number of rotatable bonds is 1. The van der Waals surface area contributed by atoms with Crippen molar-refractivity contribution in [2.75, 3.05) is 0 Å². The first-order valence-electron chi connectivity index (χ1n) is 2.57. The van der Waals surface area contributed by atoms with Crippen molar-refractivity contribution in [1.82, 2.24) is 0 Å². The van der Waals surface area contributed by atoms with Crippen LogP contribution >= 0.6 is 24.8 Å². The van der Waals surface area contributed by atoms with Crippen LogP contribution in [0, 0.1) is 6.92 Å². The van der Waals surface area contributed by atoms with Gasteiger partial charge >= 0.3 is 0 Å². The van der Waals surface area contributed by atoms with E-state index >= 15 is 0 Å². The molecule has 58 valence electrons. The zero-order valence-electron chi connectivity index (χ0n) is 5.67. The molecular weight excluding hydrogens is 203 g/mol. The van der Waals surface area contributed by atoms with Gasteiger partial charge in [-0.2, -0.15) is 6.42 Å². The van der Waals surface area contributed by atoms with E-state index in [1.165, 1.54) is 5.57 Å². The predicted octanol–water partition coefficient (Wildman–Crippen LogP) is 2.94. The summed E-state index contributed by atoms with van der Waals surface area (Å²) in [5.74, 6) is 0. The SMILES string of the molecule is Cl.Cl.[CH2-]CC1=CC=CC1.[Ti]. The molecule has 0 bridgehead atoms. The van der Waals surface area contributed by atoms with Gasteiger partial charge in [0.25, 0.3) is 0 Å². The Hall–Kier alpha value is 0.774. The van der Waals surface area contributed by atoms with Gasteiger partial charge in [0.15, 0.2) is 0 Å². The zero-order chi connectivity index (χ0) is 5.11. The Morgan fingerprint density at radius 2 is 2.00 bits per heavy atom. The average molecular weight is 214 g/mol. The van der Waals surface area contributed by atoms with Crippen LogP contribution in [-0.4, -0.2) is 0 Å². The molecule has 0 saturated carbocycles. The van der Waals surface area contributed by atoms with Crippen molar-refractivity contribution >= 4 is 24.8 Å². The third kappa shape index (κ3) is 5.55. The third-order valence-corrected chi connectivity index (χ3v) is 1.17. The van der Waals surface area contributed by atoms with Crippen LogP contribution in [-0.2, 0) is 21.7 Å². The molecule has 3 heteroatoms. The molecule has 10 heavy (non-hydrogen) atoms. The predicted molar refractivity (Wildman–Crippen MR) is 46.3 cm³/mol. The Labute approximate surface area is 89.9 Å². The molecule has 1 aliphatic carbocycles. The van der Waals surface area contributed by atoms with Gasteiger partial charge in [-0.15, -0.1) is 24.8 Å². The smallest absolute Gasteiger partial charge is 0 e. The second-order valence-electron chi connectivity index (χ2n) is 1.71. The minimum atomic E-state index is 0. The van der Waals surface area contributed by atoms with Crippen molar-refractivity contribution in [1.29, 1.82) is 0 Å². The summed E-state index contributed by atoms with van der Waals surface area (Å²) in [6.45, 7) is 3.76. The molecule has 0 saturated heterocycles. The minimum absolute atomic E-state index is 0. The Kier molecular flexibility index (Phi) is 16.6. The fraction of sp³-hybridized carbons (Fsp3) is 0.286. The van der Waals surface area contributed by atoms with Crippen molar-refractivity contribution in [3.8, 4) is 0 Å².